The maximum atomic E-state index is 9.29. The molecule has 1 aliphatic heterocycles. The van der Waals surface area contributed by atoms with Gasteiger partial charge in [0.25, 0.3) is 0 Å². The summed E-state index contributed by atoms with van der Waals surface area (Å²) in [5.41, 5.74) is -0.0472. The van der Waals surface area contributed by atoms with Crippen LogP contribution >= 0.6 is 0 Å². The van der Waals surface area contributed by atoms with E-state index in [2.05, 4.69) is 13.0 Å². The van der Waals surface area contributed by atoms with Gasteiger partial charge in [-0.3, -0.25) is 0 Å². The zero-order chi connectivity index (χ0) is 10.0. The fourth-order valence-corrected chi connectivity index (χ4v) is 2.97. The van der Waals surface area contributed by atoms with Gasteiger partial charge in [0.15, 0.2) is 0 Å². The largest absolute Gasteiger partial charge is 0.378 e. The minimum atomic E-state index is -0.0472. The molecule has 0 amide bonds. The summed E-state index contributed by atoms with van der Waals surface area (Å²) in [4.78, 5) is 0. The maximum absolute atomic E-state index is 9.29. The van der Waals surface area contributed by atoms with E-state index in [0.717, 1.165) is 38.2 Å². The standard InChI is InChI=1S/C12H19NO/c1-10-4-5-12(7-10,9-13)8-11-3-2-6-14-11/h10-11H,2-8H2,1H3. The fraction of sp³-hybridized carbons (Fsp3) is 0.917. The molecule has 0 aromatic rings. The molecular weight excluding hydrogens is 174 g/mol. The molecule has 3 atom stereocenters. The van der Waals surface area contributed by atoms with E-state index in [-0.39, 0.29) is 5.41 Å². The Hall–Kier alpha value is -0.550. The molecule has 3 unspecified atom stereocenters. The van der Waals surface area contributed by atoms with Gasteiger partial charge in [0, 0.05) is 6.61 Å². The molecule has 2 aliphatic rings. The van der Waals surface area contributed by atoms with Crippen molar-refractivity contribution >= 4 is 0 Å². The number of nitriles is 1. The van der Waals surface area contributed by atoms with Gasteiger partial charge >= 0.3 is 0 Å². The van der Waals surface area contributed by atoms with Gasteiger partial charge in [-0.25, -0.2) is 0 Å². The molecule has 1 aliphatic carbocycles. The molecule has 1 heterocycles. The summed E-state index contributed by atoms with van der Waals surface area (Å²) in [6.07, 6.45) is 7.10. The van der Waals surface area contributed by atoms with Crippen LogP contribution in [0.1, 0.15) is 45.4 Å². The number of hydrogen-bond acceptors (Lipinski definition) is 2. The number of nitrogens with zero attached hydrogens (tertiary/aromatic N) is 1. The lowest BCUT2D eigenvalue weighted by atomic mass is 9.81. The van der Waals surface area contributed by atoms with Crippen molar-refractivity contribution in [1.29, 1.82) is 5.26 Å². The number of ether oxygens (including phenoxy) is 1. The summed E-state index contributed by atoms with van der Waals surface area (Å²) in [5.74, 6) is 0.732. The van der Waals surface area contributed by atoms with Crippen molar-refractivity contribution in [2.24, 2.45) is 11.3 Å². The Kier molecular flexibility index (Phi) is 2.78. The quantitative estimate of drug-likeness (QED) is 0.675. The second kappa shape index (κ2) is 3.90. The highest BCUT2D eigenvalue weighted by molar-refractivity contribution is 5.04. The van der Waals surface area contributed by atoms with Gasteiger partial charge in [0.1, 0.15) is 0 Å². The molecule has 1 saturated heterocycles. The molecule has 78 valence electrons. The SMILES string of the molecule is CC1CCC(C#N)(CC2CCCO2)C1. The van der Waals surface area contributed by atoms with Crippen molar-refractivity contribution in [2.75, 3.05) is 6.61 Å². The number of rotatable bonds is 2. The van der Waals surface area contributed by atoms with Crippen molar-refractivity contribution in [3.05, 3.63) is 0 Å². The predicted molar refractivity (Wildman–Crippen MR) is 54.7 cm³/mol. The van der Waals surface area contributed by atoms with E-state index in [1.54, 1.807) is 0 Å². The average molecular weight is 193 g/mol. The van der Waals surface area contributed by atoms with Crippen molar-refractivity contribution in [3.63, 3.8) is 0 Å². The minimum absolute atomic E-state index is 0.0472. The van der Waals surface area contributed by atoms with Gasteiger partial charge in [-0.1, -0.05) is 6.92 Å². The lowest BCUT2D eigenvalue weighted by Gasteiger charge is -2.23. The smallest absolute Gasteiger partial charge is 0.0690 e. The topological polar surface area (TPSA) is 33.0 Å². The summed E-state index contributed by atoms with van der Waals surface area (Å²) in [5, 5.41) is 9.29. The highest BCUT2D eigenvalue weighted by Gasteiger charge is 2.40. The molecule has 0 aromatic carbocycles. The Bertz CT molecular complexity index is 239. The van der Waals surface area contributed by atoms with Crippen LogP contribution in [0.2, 0.25) is 0 Å². The van der Waals surface area contributed by atoms with E-state index in [9.17, 15) is 5.26 Å². The highest BCUT2D eigenvalue weighted by atomic mass is 16.5. The molecule has 0 bridgehead atoms. The maximum Gasteiger partial charge on any atom is 0.0690 e. The average Bonchev–Trinajstić information content (AvgIpc) is 2.77. The lowest BCUT2D eigenvalue weighted by Crippen LogP contribution is -2.22. The van der Waals surface area contributed by atoms with E-state index in [0.29, 0.717) is 6.10 Å². The highest BCUT2D eigenvalue weighted by Crippen LogP contribution is 2.45. The summed E-state index contributed by atoms with van der Waals surface area (Å²) in [6.45, 7) is 3.16. The Morgan fingerprint density at radius 1 is 1.50 bits per heavy atom. The van der Waals surface area contributed by atoms with Crippen LogP contribution in [0.25, 0.3) is 0 Å². The van der Waals surface area contributed by atoms with E-state index in [1.165, 1.54) is 12.8 Å². The van der Waals surface area contributed by atoms with E-state index >= 15 is 0 Å². The molecule has 2 rings (SSSR count). The van der Waals surface area contributed by atoms with Crippen LogP contribution in [0, 0.1) is 22.7 Å². The minimum Gasteiger partial charge on any atom is -0.378 e. The number of hydrogen-bond donors (Lipinski definition) is 0. The zero-order valence-corrected chi connectivity index (χ0v) is 8.96. The molecule has 0 radical (unpaired) electrons. The molecule has 1 saturated carbocycles. The second-order valence-electron chi connectivity index (χ2n) is 5.08. The van der Waals surface area contributed by atoms with Gasteiger partial charge in [0.05, 0.1) is 17.6 Å². The first kappa shape index (κ1) is 9.98. The fourth-order valence-electron chi connectivity index (χ4n) is 2.97. The summed E-state index contributed by atoms with van der Waals surface area (Å²) in [6, 6.07) is 2.55. The monoisotopic (exact) mass is 193 g/mol. The zero-order valence-electron chi connectivity index (χ0n) is 8.96. The van der Waals surface area contributed by atoms with Gasteiger partial charge in [-0.2, -0.15) is 5.26 Å². The first-order valence-electron chi connectivity index (χ1n) is 5.77. The van der Waals surface area contributed by atoms with Crippen molar-refractivity contribution < 1.29 is 4.74 Å². The van der Waals surface area contributed by atoms with Crippen LogP contribution in [0.3, 0.4) is 0 Å². The van der Waals surface area contributed by atoms with E-state index in [1.807, 2.05) is 0 Å². The van der Waals surface area contributed by atoms with Gasteiger partial charge in [-0.05, 0) is 44.4 Å². The molecule has 2 nitrogen and oxygen atoms in total. The van der Waals surface area contributed by atoms with Crippen LogP contribution in [-0.4, -0.2) is 12.7 Å². The summed E-state index contributed by atoms with van der Waals surface area (Å²) in [7, 11) is 0. The van der Waals surface area contributed by atoms with Gasteiger partial charge in [0.2, 0.25) is 0 Å². The Morgan fingerprint density at radius 3 is 2.86 bits per heavy atom. The van der Waals surface area contributed by atoms with Crippen molar-refractivity contribution in [3.8, 4) is 6.07 Å². The van der Waals surface area contributed by atoms with Gasteiger partial charge < -0.3 is 4.74 Å². The third kappa shape index (κ3) is 1.93. The first-order chi connectivity index (χ1) is 6.74. The molecular formula is C12H19NO. The molecule has 0 N–H and O–H groups in total. The second-order valence-corrected chi connectivity index (χ2v) is 5.08. The molecule has 14 heavy (non-hydrogen) atoms. The van der Waals surface area contributed by atoms with Crippen LogP contribution in [0.15, 0.2) is 0 Å². The summed E-state index contributed by atoms with van der Waals surface area (Å²) < 4.78 is 5.63. The molecule has 2 heteroatoms. The van der Waals surface area contributed by atoms with Crippen LogP contribution in [0.5, 0.6) is 0 Å². The van der Waals surface area contributed by atoms with Gasteiger partial charge in [-0.15, -0.1) is 0 Å². The van der Waals surface area contributed by atoms with Crippen LogP contribution in [0.4, 0.5) is 0 Å². The lowest BCUT2D eigenvalue weighted by molar-refractivity contribution is 0.0768. The third-order valence-corrected chi connectivity index (χ3v) is 3.73. The summed E-state index contributed by atoms with van der Waals surface area (Å²) >= 11 is 0. The van der Waals surface area contributed by atoms with Crippen molar-refractivity contribution in [2.45, 2.75) is 51.6 Å². The first-order valence-corrected chi connectivity index (χ1v) is 5.77. The van der Waals surface area contributed by atoms with E-state index < -0.39 is 0 Å². The normalized spacial score (nSPS) is 42.6. The third-order valence-electron chi connectivity index (χ3n) is 3.73. The van der Waals surface area contributed by atoms with E-state index in [4.69, 9.17) is 4.74 Å². The Morgan fingerprint density at radius 2 is 2.36 bits per heavy atom. The molecule has 2 fully saturated rings. The van der Waals surface area contributed by atoms with Crippen LogP contribution < -0.4 is 0 Å². The van der Waals surface area contributed by atoms with Crippen molar-refractivity contribution in [1.82, 2.24) is 0 Å². The molecule has 0 spiro atoms. The molecule has 0 aromatic heterocycles. The Labute approximate surface area is 86.2 Å². The Balaban J connectivity index is 1.96. The predicted octanol–water partition coefficient (Wildman–Crippen LogP) is 2.89. The van der Waals surface area contributed by atoms with Crippen LogP contribution in [-0.2, 0) is 4.74 Å².